The van der Waals surface area contributed by atoms with Crippen molar-refractivity contribution in [2.75, 3.05) is 14.7 Å². The molecule has 5 heteroatoms. The van der Waals surface area contributed by atoms with Crippen molar-refractivity contribution in [3.63, 3.8) is 0 Å². The van der Waals surface area contributed by atoms with Gasteiger partial charge in [0, 0.05) is 55.2 Å². The largest absolute Gasteiger partial charge is 0.334 e. The van der Waals surface area contributed by atoms with E-state index >= 15 is 0 Å². The molecule has 2 atom stereocenters. The summed E-state index contributed by atoms with van der Waals surface area (Å²) in [5.41, 5.74) is 24.8. The average molecular weight is 1080 g/mol. The summed E-state index contributed by atoms with van der Waals surface area (Å²) in [6.07, 6.45) is 5.89. The molecule has 14 rings (SSSR count). The lowest BCUT2D eigenvalue weighted by molar-refractivity contribution is 0.195. The summed E-state index contributed by atoms with van der Waals surface area (Å²) >= 11 is 2.01. The number of para-hydroxylation sites is 1. The molecular formula is C76H80BN3S. The van der Waals surface area contributed by atoms with Gasteiger partial charge in [0.2, 0.25) is 0 Å². The first-order valence-corrected chi connectivity index (χ1v) is 31.0. The third-order valence-electron chi connectivity index (χ3n) is 20.8. The van der Waals surface area contributed by atoms with Gasteiger partial charge in [-0.2, -0.15) is 0 Å². The molecule has 3 nitrogen and oxygen atoms in total. The smallest absolute Gasteiger partial charge is 0.254 e. The fourth-order valence-electron chi connectivity index (χ4n) is 16.3. The molecule has 1 fully saturated rings. The topological polar surface area (TPSA) is 9.72 Å². The van der Waals surface area contributed by atoms with Crippen molar-refractivity contribution < 1.29 is 0 Å². The first-order chi connectivity index (χ1) is 38.4. The molecular weight excluding hydrogens is 998 g/mol. The van der Waals surface area contributed by atoms with Crippen molar-refractivity contribution in [2.24, 2.45) is 0 Å². The molecule has 2 unspecified atom stereocenters. The number of hydrogen-bond donors (Lipinski definition) is 0. The van der Waals surface area contributed by atoms with Gasteiger partial charge in [-0.1, -0.05) is 212 Å². The highest BCUT2D eigenvalue weighted by Crippen LogP contribution is 2.62. The van der Waals surface area contributed by atoms with Crippen LogP contribution in [0.5, 0.6) is 0 Å². The second kappa shape index (κ2) is 17.6. The Hall–Kier alpha value is -6.82. The van der Waals surface area contributed by atoms with E-state index in [0.717, 1.165) is 12.8 Å². The molecule has 0 bridgehead atoms. The van der Waals surface area contributed by atoms with E-state index in [1.807, 2.05) is 11.3 Å². The van der Waals surface area contributed by atoms with Crippen LogP contribution in [0.1, 0.15) is 168 Å². The molecule has 2 aliphatic carbocycles. The Balaban J connectivity index is 1.15. The van der Waals surface area contributed by atoms with E-state index in [9.17, 15) is 0 Å². The third-order valence-corrected chi connectivity index (χ3v) is 22.0. The Morgan fingerprint density at radius 3 is 1.75 bits per heavy atom. The molecule has 0 N–H and O–H groups in total. The van der Waals surface area contributed by atoms with Gasteiger partial charge in [-0.3, -0.25) is 0 Å². The van der Waals surface area contributed by atoms with Gasteiger partial charge in [-0.05, 0) is 175 Å². The lowest BCUT2D eigenvalue weighted by atomic mass is 9.33. The van der Waals surface area contributed by atoms with Gasteiger partial charge in [-0.15, -0.1) is 11.3 Å². The standard InChI is InChI=1S/C76H80BN3S/c1-70(2,3)49-31-35-53(36-32-49)78-64-43-54(80-62-30-22-21-29-57(62)75(13)39-23-24-40-76(75,80)14)44-65-68(64)77(67-56-45-58-59(46-66(56)81-69(67)78)73(9,10)47-72(58,7)8)60-37-33-52(74(11,12)50-27-19-16-20-28-50)42-63(60)79(65)61-38-34-51(71(4,5)6)41-55(61)48-25-17-15-18-26-48/h15-22,25-38,41-46H,23-24,39-40,47H2,1-14H3. The van der Waals surface area contributed by atoms with Gasteiger partial charge in [-0.25, -0.2) is 0 Å². The van der Waals surface area contributed by atoms with Crippen LogP contribution in [0.15, 0.2) is 170 Å². The molecule has 3 aliphatic heterocycles. The molecule has 9 aromatic rings. The summed E-state index contributed by atoms with van der Waals surface area (Å²) < 4.78 is 1.38. The van der Waals surface area contributed by atoms with Crippen LogP contribution < -0.4 is 31.1 Å². The number of rotatable bonds is 6. The Bertz CT molecular complexity index is 4020. The van der Waals surface area contributed by atoms with Crippen LogP contribution in [0.4, 0.5) is 44.8 Å². The highest BCUT2D eigenvalue weighted by Gasteiger charge is 2.58. The Morgan fingerprint density at radius 2 is 1.06 bits per heavy atom. The minimum atomic E-state index is -0.283. The third kappa shape index (κ3) is 7.65. The first-order valence-electron chi connectivity index (χ1n) is 30.2. The van der Waals surface area contributed by atoms with Gasteiger partial charge in [0.1, 0.15) is 0 Å². The van der Waals surface area contributed by atoms with Crippen LogP contribution in [-0.4, -0.2) is 12.3 Å². The zero-order valence-electron chi connectivity index (χ0n) is 50.5. The van der Waals surface area contributed by atoms with E-state index in [1.165, 1.54) is 141 Å². The SMILES string of the molecule is CC(C)(C)c1ccc(N2c3cc(N4c5ccccc5C5(C)CCCCC45C)cc4c3B(c3ccc(C(C)(C)c5ccccc5)cc3N4c3ccc(C(C)(C)C)cc3-c3ccccc3)c3c2sc2cc4c(cc32)C(C)(C)CC4(C)C)cc1. The van der Waals surface area contributed by atoms with Crippen LogP contribution in [0.2, 0.25) is 0 Å². The van der Waals surface area contributed by atoms with Gasteiger partial charge < -0.3 is 14.7 Å². The van der Waals surface area contributed by atoms with Crippen molar-refractivity contribution in [3.8, 4) is 11.1 Å². The molecule has 5 aliphatic rings. The Labute approximate surface area is 488 Å². The lowest BCUT2D eigenvalue weighted by Gasteiger charge is -2.51. The van der Waals surface area contributed by atoms with E-state index in [4.69, 9.17) is 0 Å². The number of thiophene rings is 1. The van der Waals surface area contributed by atoms with Crippen molar-refractivity contribution in [3.05, 3.63) is 209 Å². The summed E-state index contributed by atoms with van der Waals surface area (Å²) in [5.74, 6) is 0. The second-order valence-electron chi connectivity index (χ2n) is 29.2. The Morgan fingerprint density at radius 1 is 0.457 bits per heavy atom. The van der Waals surface area contributed by atoms with Crippen LogP contribution in [0, 0.1) is 0 Å². The molecule has 1 saturated carbocycles. The zero-order valence-corrected chi connectivity index (χ0v) is 51.3. The number of nitrogens with zero attached hydrogens (tertiary/aromatic N) is 3. The van der Waals surface area contributed by atoms with Crippen molar-refractivity contribution in [1.29, 1.82) is 0 Å². The van der Waals surface area contributed by atoms with E-state index in [1.54, 1.807) is 0 Å². The molecule has 4 heterocycles. The number of hydrogen-bond acceptors (Lipinski definition) is 4. The van der Waals surface area contributed by atoms with Gasteiger partial charge in [0.25, 0.3) is 6.71 Å². The van der Waals surface area contributed by atoms with Crippen LogP contribution in [-0.2, 0) is 32.5 Å². The molecule has 408 valence electrons. The van der Waals surface area contributed by atoms with Crippen LogP contribution in [0.3, 0.4) is 0 Å². The molecule has 8 aromatic carbocycles. The van der Waals surface area contributed by atoms with Crippen LogP contribution in [0.25, 0.3) is 21.2 Å². The van der Waals surface area contributed by atoms with Gasteiger partial charge >= 0.3 is 0 Å². The van der Waals surface area contributed by atoms with Crippen molar-refractivity contribution in [2.45, 2.75) is 167 Å². The molecule has 81 heavy (non-hydrogen) atoms. The van der Waals surface area contributed by atoms with Gasteiger partial charge in [0.15, 0.2) is 0 Å². The molecule has 0 saturated heterocycles. The van der Waals surface area contributed by atoms with Crippen molar-refractivity contribution in [1.82, 2.24) is 0 Å². The lowest BCUT2D eigenvalue weighted by Crippen LogP contribution is -2.61. The predicted octanol–water partition coefficient (Wildman–Crippen LogP) is 19.3. The van der Waals surface area contributed by atoms with Gasteiger partial charge in [0.05, 0.1) is 16.2 Å². The average Bonchev–Trinajstić information content (AvgIpc) is 3.39. The number of benzene rings is 8. The quantitative estimate of drug-likeness (QED) is 0.154. The zero-order chi connectivity index (χ0) is 56.6. The number of fused-ring (bicyclic) bond motifs is 10. The summed E-state index contributed by atoms with van der Waals surface area (Å²) in [6.45, 7) is 33.9. The summed E-state index contributed by atoms with van der Waals surface area (Å²) in [6, 6.07) is 67.1. The monoisotopic (exact) mass is 1080 g/mol. The minimum absolute atomic E-state index is 0.00984. The van der Waals surface area contributed by atoms with Crippen LogP contribution >= 0.6 is 11.3 Å². The molecule has 0 radical (unpaired) electrons. The molecule has 0 spiro atoms. The fourth-order valence-corrected chi connectivity index (χ4v) is 17.6. The molecule has 1 aromatic heterocycles. The molecule has 0 amide bonds. The summed E-state index contributed by atoms with van der Waals surface area (Å²) in [4.78, 5) is 8.28. The van der Waals surface area contributed by atoms with E-state index in [2.05, 4.69) is 281 Å². The minimum Gasteiger partial charge on any atom is -0.334 e. The normalized spacial score (nSPS) is 20.4. The highest BCUT2D eigenvalue weighted by molar-refractivity contribution is 7.26. The summed E-state index contributed by atoms with van der Waals surface area (Å²) in [7, 11) is 0. The predicted molar refractivity (Wildman–Crippen MR) is 351 cm³/mol. The van der Waals surface area contributed by atoms with E-state index < -0.39 is 0 Å². The number of anilines is 8. The maximum absolute atomic E-state index is 2.83. The maximum atomic E-state index is 2.83. The highest BCUT2D eigenvalue weighted by atomic mass is 32.1. The first kappa shape index (κ1) is 52.3. The fraction of sp³-hybridized carbons (Fsp3) is 0.342. The van der Waals surface area contributed by atoms with Crippen molar-refractivity contribution >= 4 is 89.3 Å². The Kier molecular flexibility index (Phi) is 11.4. The van der Waals surface area contributed by atoms with E-state index in [-0.39, 0.29) is 44.7 Å². The maximum Gasteiger partial charge on any atom is 0.254 e. The van der Waals surface area contributed by atoms with E-state index in [0.29, 0.717) is 0 Å². The second-order valence-corrected chi connectivity index (χ2v) is 30.3. The summed E-state index contributed by atoms with van der Waals surface area (Å²) in [5, 5.41) is 2.73.